The molecule has 1 unspecified atom stereocenters. The Bertz CT molecular complexity index is 1010. The van der Waals surface area contributed by atoms with Gasteiger partial charge in [0.25, 0.3) is 0 Å². The summed E-state index contributed by atoms with van der Waals surface area (Å²) < 4.78 is 7.18. The number of anilines is 1. The highest BCUT2D eigenvalue weighted by Gasteiger charge is 2.34. The molecule has 4 rings (SSSR count). The van der Waals surface area contributed by atoms with Crippen LogP contribution < -0.4 is 10.1 Å². The number of carbonyl (C=O) groups excluding carboxylic acids is 1. The molecule has 3 aromatic rings. The molecule has 0 bridgehead atoms. The predicted molar refractivity (Wildman–Crippen MR) is 92.2 cm³/mol. The van der Waals surface area contributed by atoms with E-state index in [1.54, 1.807) is 29.8 Å². The molecule has 0 radical (unpaired) electrons. The van der Waals surface area contributed by atoms with Gasteiger partial charge < -0.3 is 15.2 Å². The zero-order valence-electron chi connectivity index (χ0n) is 14.2. The Kier molecular flexibility index (Phi) is 3.38. The van der Waals surface area contributed by atoms with Gasteiger partial charge in [-0.15, -0.1) is 5.10 Å². The summed E-state index contributed by atoms with van der Waals surface area (Å²) in [4.78, 5) is 16.9. The first-order valence-corrected chi connectivity index (χ1v) is 8.01. The van der Waals surface area contributed by atoms with Crippen molar-refractivity contribution in [2.24, 2.45) is 0 Å². The van der Waals surface area contributed by atoms with Crippen LogP contribution >= 0.6 is 0 Å². The summed E-state index contributed by atoms with van der Waals surface area (Å²) in [6.07, 6.45) is 0.268. The van der Waals surface area contributed by atoms with Crippen LogP contribution in [-0.2, 0) is 4.79 Å². The number of ether oxygens (including phenoxy) is 1. The molecule has 25 heavy (non-hydrogen) atoms. The van der Waals surface area contributed by atoms with E-state index in [-0.39, 0.29) is 24.0 Å². The molecule has 1 atom stereocenters. The van der Waals surface area contributed by atoms with Gasteiger partial charge in [-0.2, -0.15) is 0 Å². The molecule has 0 saturated carbocycles. The first-order valence-electron chi connectivity index (χ1n) is 8.01. The van der Waals surface area contributed by atoms with Crippen LogP contribution in [0.25, 0.3) is 5.65 Å². The van der Waals surface area contributed by atoms with E-state index in [1.807, 2.05) is 19.9 Å². The van der Waals surface area contributed by atoms with Crippen LogP contribution in [0, 0.1) is 13.8 Å². The maximum Gasteiger partial charge on any atom is 0.226 e. The number of benzene rings is 1. The number of aromatic nitrogens is 3. The van der Waals surface area contributed by atoms with Crippen molar-refractivity contribution in [3.63, 3.8) is 0 Å². The zero-order chi connectivity index (χ0) is 17.7. The van der Waals surface area contributed by atoms with Gasteiger partial charge in [-0.1, -0.05) is 6.07 Å². The van der Waals surface area contributed by atoms with Crippen molar-refractivity contribution in [2.75, 3.05) is 12.4 Å². The third-order valence-electron chi connectivity index (χ3n) is 4.52. The molecule has 0 fully saturated rings. The van der Waals surface area contributed by atoms with E-state index in [0.29, 0.717) is 11.6 Å². The lowest BCUT2D eigenvalue weighted by molar-refractivity contribution is -0.116. The van der Waals surface area contributed by atoms with Gasteiger partial charge in [-0.3, -0.25) is 4.79 Å². The average molecular weight is 338 g/mol. The lowest BCUT2D eigenvalue weighted by atomic mass is 9.86. The van der Waals surface area contributed by atoms with E-state index in [9.17, 15) is 9.90 Å². The Morgan fingerprint density at radius 2 is 2.12 bits per heavy atom. The van der Waals surface area contributed by atoms with E-state index in [1.165, 1.54) is 0 Å². The topological polar surface area (TPSA) is 88.8 Å². The molecule has 1 aliphatic rings. The molecule has 0 aliphatic carbocycles. The van der Waals surface area contributed by atoms with Crippen molar-refractivity contribution in [3.8, 4) is 11.5 Å². The fourth-order valence-corrected chi connectivity index (χ4v) is 3.47. The molecule has 3 heterocycles. The van der Waals surface area contributed by atoms with Gasteiger partial charge in [0.2, 0.25) is 5.91 Å². The molecule has 1 aliphatic heterocycles. The first-order chi connectivity index (χ1) is 12.0. The quantitative estimate of drug-likeness (QED) is 0.749. The van der Waals surface area contributed by atoms with Gasteiger partial charge in [0, 0.05) is 40.9 Å². The highest BCUT2D eigenvalue weighted by atomic mass is 16.5. The lowest BCUT2D eigenvalue weighted by Gasteiger charge is -2.23. The first kappa shape index (κ1) is 15.4. The molecular weight excluding hydrogens is 320 g/mol. The summed E-state index contributed by atoms with van der Waals surface area (Å²) >= 11 is 0. The number of phenols is 1. The van der Waals surface area contributed by atoms with Gasteiger partial charge in [-0.05, 0) is 26.0 Å². The SMILES string of the molecule is COc1cc(O)ccc1C1CC(=O)Nc2nn3c(C)cc(C)nc3c21. The van der Waals surface area contributed by atoms with Crippen LogP contribution in [0.4, 0.5) is 5.82 Å². The van der Waals surface area contributed by atoms with Crippen LogP contribution in [-0.4, -0.2) is 32.7 Å². The van der Waals surface area contributed by atoms with Gasteiger partial charge in [0.15, 0.2) is 11.5 Å². The smallest absolute Gasteiger partial charge is 0.226 e. The fraction of sp³-hybridized carbons (Fsp3) is 0.278. The summed E-state index contributed by atoms with van der Waals surface area (Å²) in [5.41, 5.74) is 4.26. The maximum absolute atomic E-state index is 12.2. The summed E-state index contributed by atoms with van der Waals surface area (Å²) in [6.45, 7) is 3.89. The largest absolute Gasteiger partial charge is 0.508 e. The molecular formula is C18H18N4O3. The second kappa shape index (κ2) is 5.47. The van der Waals surface area contributed by atoms with E-state index in [4.69, 9.17) is 4.74 Å². The standard InChI is InChI=1S/C18H18N4O3/c1-9-6-10(2)22-18(19-9)16-13(8-15(24)20-17(16)21-22)12-5-4-11(23)7-14(12)25-3/h4-7,13,23H,8H2,1-3H3,(H,20,21,24). The number of methoxy groups -OCH3 is 1. The number of carbonyl (C=O) groups is 1. The second-order valence-corrected chi connectivity index (χ2v) is 6.27. The number of aryl methyl sites for hydroxylation is 2. The fourth-order valence-electron chi connectivity index (χ4n) is 3.47. The average Bonchev–Trinajstić information content (AvgIpc) is 2.92. The minimum absolute atomic E-state index is 0.106. The molecule has 1 amide bonds. The highest BCUT2D eigenvalue weighted by molar-refractivity contribution is 5.96. The molecule has 0 spiro atoms. The normalized spacial score (nSPS) is 16.6. The number of hydrogen-bond donors (Lipinski definition) is 2. The molecule has 128 valence electrons. The van der Waals surface area contributed by atoms with Gasteiger partial charge >= 0.3 is 0 Å². The predicted octanol–water partition coefficient (Wildman–Crippen LogP) is 2.53. The lowest BCUT2D eigenvalue weighted by Crippen LogP contribution is -2.23. The van der Waals surface area contributed by atoms with Crippen molar-refractivity contribution in [3.05, 3.63) is 46.8 Å². The number of phenolic OH excluding ortho intramolecular Hbond substituents is 1. The minimum Gasteiger partial charge on any atom is -0.508 e. The van der Waals surface area contributed by atoms with Gasteiger partial charge in [0.1, 0.15) is 11.5 Å². The number of rotatable bonds is 2. The van der Waals surface area contributed by atoms with Crippen molar-refractivity contribution in [2.45, 2.75) is 26.2 Å². The van der Waals surface area contributed by atoms with Crippen LogP contribution in [0.5, 0.6) is 11.5 Å². The van der Waals surface area contributed by atoms with Crippen LogP contribution in [0.2, 0.25) is 0 Å². The summed E-state index contributed by atoms with van der Waals surface area (Å²) in [5, 5.41) is 17.1. The Morgan fingerprint density at radius 1 is 1.32 bits per heavy atom. The van der Waals surface area contributed by atoms with E-state index in [2.05, 4.69) is 15.4 Å². The number of fused-ring (bicyclic) bond motifs is 3. The Hall–Kier alpha value is -3.09. The van der Waals surface area contributed by atoms with E-state index >= 15 is 0 Å². The number of aromatic hydroxyl groups is 1. The molecule has 2 aromatic heterocycles. The number of nitrogens with one attached hydrogen (secondary N) is 1. The Morgan fingerprint density at radius 3 is 2.88 bits per heavy atom. The van der Waals surface area contributed by atoms with Crippen molar-refractivity contribution < 1.29 is 14.6 Å². The Balaban J connectivity index is 2.00. The third kappa shape index (κ3) is 2.39. The van der Waals surface area contributed by atoms with Crippen molar-refractivity contribution in [1.82, 2.24) is 14.6 Å². The molecule has 7 nitrogen and oxygen atoms in total. The second-order valence-electron chi connectivity index (χ2n) is 6.27. The molecule has 2 N–H and O–H groups in total. The zero-order valence-corrected chi connectivity index (χ0v) is 14.2. The number of nitrogens with zero attached hydrogens (tertiary/aromatic N) is 3. The number of amides is 1. The molecule has 7 heteroatoms. The van der Waals surface area contributed by atoms with Gasteiger partial charge in [0.05, 0.1) is 7.11 Å². The van der Waals surface area contributed by atoms with Crippen LogP contribution in [0.3, 0.4) is 0 Å². The van der Waals surface area contributed by atoms with Crippen molar-refractivity contribution >= 4 is 17.4 Å². The van der Waals surface area contributed by atoms with Crippen LogP contribution in [0.1, 0.15) is 34.9 Å². The summed E-state index contributed by atoms with van der Waals surface area (Å²) in [6, 6.07) is 6.88. The molecule has 0 saturated heterocycles. The van der Waals surface area contributed by atoms with Crippen LogP contribution in [0.15, 0.2) is 24.3 Å². The number of hydrogen-bond acceptors (Lipinski definition) is 5. The van der Waals surface area contributed by atoms with Gasteiger partial charge in [-0.25, -0.2) is 9.50 Å². The third-order valence-corrected chi connectivity index (χ3v) is 4.52. The summed E-state index contributed by atoms with van der Waals surface area (Å²) in [5.74, 6) is 0.827. The maximum atomic E-state index is 12.2. The van der Waals surface area contributed by atoms with E-state index in [0.717, 1.165) is 28.2 Å². The Labute approximate surface area is 144 Å². The highest BCUT2D eigenvalue weighted by Crippen LogP contribution is 2.43. The minimum atomic E-state index is -0.245. The molecule has 1 aromatic carbocycles. The van der Waals surface area contributed by atoms with E-state index < -0.39 is 0 Å². The monoisotopic (exact) mass is 338 g/mol. The van der Waals surface area contributed by atoms with Crippen molar-refractivity contribution in [1.29, 1.82) is 0 Å². The summed E-state index contributed by atoms with van der Waals surface area (Å²) in [7, 11) is 1.55.